The van der Waals surface area contributed by atoms with E-state index in [2.05, 4.69) is 15.7 Å². The minimum atomic E-state index is -0.444. The second-order valence-corrected chi connectivity index (χ2v) is 4.01. The van der Waals surface area contributed by atoms with E-state index in [1.54, 1.807) is 12.1 Å². The van der Waals surface area contributed by atoms with E-state index in [-0.39, 0.29) is 16.8 Å². The second-order valence-electron chi connectivity index (χ2n) is 4.01. The number of pyridine rings is 1. The summed E-state index contributed by atoms with van der Waals surface area (Å²) in [7, 11) is 0. The molecule has 21 heavy (non-hydrogen) atoms. The smallest absolute Gasteiger partial charge is 0.274 e. The van der Waals surface area contributed by atoms with Crippen LogP contribution < -0.4 is 16.6 Å². The lowest BCUT2D eigenvalue weighted by Gasteiger charge is -2.07. The minimum absolute atomic E-state index is 0.174. The molecule has 0 aliphatic carbocycles. The summed E-state index contributed by atoms with van der Waals surface area (Å²) in [6, 6.07) is 11.4. The fourth-order valence-electron chi connectivity index (χ4n) is 1.65. The number of carbonyl (C=O) groups excluding carboxylic acids is 1. The van der Waals surface area contributed by atoms with Gasteiger partial charge in [0, 0.05) is 11.9 Å². The third-order valence-corrected chi connectivity index (χ3v) is 2.68. The van der Waals surface area contributed by atoms with Crippen LogP contribution in [0.3, 0.4) is 0 Å². The SMILES string of the molecule is N#Cc1ccc(NC(=O)c2cc(NN)ccn2)cc1C#N. The maximum atomic E-state index is 12.0. The van der Waals surface area contributed by atoms with Crippen molar-refractivity contribution in [3.05, 3.63) is 53.3 Å². The van der Waals surface area contributed by atoms with E-state index in [1.165, 1.54) is 24.4 Å². The van der Waals surface area contributed by atoms with Crippen LogP contribution in [0.4, 0.5) is 11.4 Å². The van der Waals surface area contributed by atoms with E-state index in [0.717, 1.165) is 0 Å². The zero-order valence-electron chi connectivity index (χ0n) is 10.8. The number of hydrazine groups is 1. The monoisotopic (exact) mass is 278 g/mol. The molecule has 0 saturated carbocycles. The van der Waals surface area contributed by atoms with Crippen molar-refractivity contribution in [3.63, 3.8) is 0 Å². The minimum Gasteiger partial charge on any atom is -0.324 e. The van der Waals surface area contributed by atoms with Gasteiger partial charge in [-0.15, -0.1) is 0 Å². The Hall–Kier alpha value is -3.42. The predicted octanol–water partition coefficient (Wildman–Crippen LogP) is 1.36. The molecular weight excluding hydrogens is 268 g/mol. The molecule has 2 aromatic rings. The van der Waals surface area contributed by atoms with Crippen LogP contribution in [-0.4, -0.2) is 10.9 Å². The van der Waals surface area contributed by atoms with Gasteiger partial charge in [0.2, 0.25) is 0 Å². The summed E-state index contributed by atoms with van der Waals surface area (Å²) in [5.41, 5.74) is 4.00. The van der Waals surface area contributed by atoms with Crippen LogP contribution in [0, 0.1) is 22.7 Å². The molecule has 4 N–H and O–H groups in total. The number of amides is 1. The Bertz CT molecular complexity index is 772. The van der Waals surface area contributed by atoms with Crippen LogP contribution in [0.1, 0.15) is 21.6 Å². The van der Waals surface area contributed by atoms with Crippen molar-refractivity contribution in [1.29, 1.82) is 10.5 Å². The number of rotatable bonds is 3. The van der Waals surface area contributed by atoms with Gasteiger partial charge in [0.05, 0.1) is 16.8 Å². The number of nitrogen functional groups attached to an aromatic ring is 1. The summed E-state index contributed by atoms with van der Waals surface area (Å²) in [6.07, 6.45) is 1.45. The first-order chi connectivity index (χ1) is 10.2. The molecule has 7 heteroatoms. The fraction of sp³-hybridized carbons (Fsp3) is 0. The van der Waals surface area contributed by atoms with Crippen molar-refractivity contribution >= 4 is 17.3 Å². The summed E-state index contributed by atoms with van der Waals surface area (Å²) in [4.78, 5) is 16.0. The fourth-order valence-corrected chi connectivity index (χ4v) is 1.65. The van der Waals surface area contributed by atoms with Gasteiger partial charge in [0.15, 0.2) is 0 Å². The maximum Gasteiger partial charge on any atom is 0.274 e. The molecule has 1 heterocycles. The molecule has 0 aliphatic rings. The normalized spacial score (nSPS) is 9.29. The van der Waals surface area contributed by atoms with Crippen LogP contribution in [0.25, 0.3) is 0 Å². The Labute approximate surface area is 120 Å². The molecule has 0 atom stereocenters. The molecule has 2 rings (SSSR count). The molecule has 1 aromatic carbocycles. The largest absolute Gasteiger partial charge is 0.324 e. The first-order valence-electron chi connectivity index (χ1n) is 5.86. The van der Waals surface area contributed by atoms with E-state index < -0.39 is 5.91 Å². The van der Waals surface area contributed by atoms with Crippen LogP contribution in [0.2, 0.25) is 0 Å². The number of carbonyl (C=O) groups is 1. The number of benzene rings is 1. The van der Waals surface area contributed by atoms with Gasteiger partial charge < -0.3 is 10.7 Å². The standard InChI is InChI=1S/C14H10N6O/c15-7-9-1-2-11(5-10(9)8-16)19-14(21)13-6-12(20-17)3-4-18-13/h1-6H,17H2,(H,18,20)(H,19,21). The summed E-state index contributed by atoms with van der Waals surface area (Å²) >= 11 is 0. The molecule has 0 fully saturated rings. The first kappa shape index (κ1) is 14.0. The van der Waals surface area contributed by atoms with Gasteiger partial charge in [-0.2, -0.15) is 10.5 Å². The topological polar surface area (TPSA) is 128 Å². The molecule has 1 amide bonds. The first-order valence-corrected chi connectivity index (χ1v) is 5.86. The van der Waals surface area contributed by atoms with E-state index in [4.69, 9.17) is 16.4 Å². The number of anilines is 2. The number of nitriles is 2. The lowest BCUT2D eigenvalue weighted by Crippen LogP contribution is -2.15. The number of nitrogens with zero attached hydrogens (tertiary/aromatic N) is 3. The highest BCUT2D eigenvalue weighted by molar-refractivity contribution is 6.03. The van der Waals surface area contributed by atoms with E-state index in [9.17, 15) is 4.79 Å². The Morgan fingerprint density at radius 2 is 1.86 bits per heavy atom. The van der Waals surface area contributed by atoms with Crippen molar-refractivity contribution in [3.8, 4) is 12.1 Å². The van der Waals surface area contributed by atoms with Crippen molar-refractivity contribution in [1.82, 2.24) is 4.98 Å². The number of nitrogens with one attached hydrogen (secondary N) is 2. The van der Waals surface area contributed by atoms with E-state index in [1.807, 2.05) is 12.1 Å². The van der Waals surface area contributed by atoms with Crippen LogP contribution >= 0.6 is 0 Å². The third kappa shape index (κ3) is 3.13. The van der Waals surface area contributed by atoms with Gasteiger partial charge >= 0.3 is 0 Å². The van der Waals surface area contributed by atoms with E-state index >= 15 is 0 Å². The molecule has 102 valence electrons. The van der Waals surface area contributed by atoms with Crippen molar-refractivity contribution in [2.45, 2.75) is 0 Å². The van der Waals surface area contributed by atoms with E-state index in [0.29, 0.717) is 11.4 Å². The highest BCUT2D eigenvalue weighted by Gasteiger charge is 2.10. The van der Waals surface area contributed by atoms with Crippen molar-refractivity contribution < 1.29 is 4.79 Å². The number of aromatic nitrogens is 1. The van der Waals surface area contributed by atoms with Gasteiger partial charge in [-0.3, -0.25) is 15.6 Å². The number of hydrogen-bond donors (Lipinski definition) is 3. The summed E-state index contributed by atoms with van der Waals surface area (Å²) in [6.45, 7) is 0. The molecule has 1 aromatic heterocycles. The Morgan fingerprint density at radius 1 is 1.10 bits per heavy atom. The summed E-state index contributed by atoms with van der Waals surface area (Å²) < 4.78 is 0. The Kier molecular flexibility index (Phi) is 4.10. The quantitative estimate of drug-likeness (QED) is 0.574. The molecule has 0 saturated heterocycles. The number of hydrogen-bond acceptors (Lipinski definition) is 6. The number of nitrogens with two attached hydrogens (primary N) is 1. The lowest BCUT2D eigenvalue weighted by atomic mass is 10.1. The third-order valence-electron chi connectivity index (χ3n) is 2.68. The highest BCUT2D eigenvalue weighted by Crippen LogP contribution is 2.16. The average Bonchev–Trinajstić information content (AvgIpc) is 2.54. The van der Waals surface area contributed by atoms with Gasteiger partial charge in [0.1, 0.15) is 17.8 Å². The molecule has 0 aliphatic heterocycles. The van der Waals surface area contributed by atoms with Gasteiger partial charge in [-0.05, 0) is 30.3 Å². The second kappa shape index (κ2) is 6.15. The zero-order valence-corrected chi connectivity index (χ0v) is 10.8. The molecule has 0 radical (unpaired) electrons. The van der Waals surface area contributed by atoms with Crippen molar-refractivity contribution in [2.24, 2.45) is 5.84 Å². The zero-order chi connectivity index (χ0) is 15.2. The maximum absolute atomic E-state index is 12.0. The Morgan fingerprint density at radius 3 is 2.52 bits per heavy atom. The predicted molar refractivity (Wildman–Crippen MR) is 75.9 cm³/mol. The molecule has 0 unspecified atom stereocenters. The van der Waals surface area contributed by atoms with Gasteiger partial charge in [-0.25, -0.2) is 0 Å². The summed E-state index contributed by atoms with van der Waals surface area (Å²) in [5.74, 6) is 4.82. The van der Waals surface area contributed by atoms with Crippen LogP contribution in [-0.2, 0) is 0 Å². The van der Waals surface area contributed by atoms with Crippen LogP contribution in [0.5, 0.6) is 0 Å². The van der Waals surface area contributed by atoms with Gasteiger partial charge in [0.25, 0.3) is 5.91 Å². The average molecular weight is 278 g/mol. The molecule has 7 nitrogen and oxygen atoms in total. The lowest BCUT2D eigenvalue weighted by molar-refractivity contribution is 0.102. The van der Waals surface area contributed by atoms with Crippen molar-refractivity contribution in [2.75, 3.05) is 10.7 Å². The Balaban J connectivity index is 2.24. The molecular formula is C14H10N6O. The molecule has 0 bridgehead atoms. The van der Waals surface area contributed by atoms with Gasteiger partial charge in [-0.1, -0.05) is 0 Å². The highest BCUT2D eigenvalue weighted by atomic mass is 16.1. The van der Waals surface area contributed by atoms with Crippen LogP contribution in [0.15, 0.2) is 36.5 Å². The summed E-state index contributed by atoms with van der Waals surface area (Å²) in [5, 5.41) is 20.4. The molecule has 0 spiro atoms.